The van der Waals surface area contributed by atoms with Crippen LogP contribution in [0.3, 0.4) is 0 Å². The van der Waals surface area contributed by atoms with Gasteiger partial charge in [-0.3, -0.25) is 4.98 Å². The second kappa shape index (κ2) is 3.45. The Hall–Kier alpha value is -2.09. The van der Waals surface area contributed by atoms with Crippen LogP contribution in [0.5, 0.6) is 5.75 Å². The third kappa shape index (κ3) is 1.37. The highest BCUT2D eigenvalue weighted by Gasteiger charge is 2.10. The Kier molecular flexibility index (Phi) is 2.05. The largest absolute Gasteiger partial charge is 0.507 e. The molecule has 3 aromatic rings. The monoisotopic (exact) mass is 223 g/mol. The summed E-state index contributed by atoms with van der Waals surface area (Å²) in [5.41, 5.74) is 2.94. The fourth-order valence-corrected chi connectivity index (χ4v) is 2.38. The van der Waals surface area contributed by atoms with Gasteiger partial charge in [0.15, 0.2) is 0 Å². The molecular formula is C15H13NO. The maximum Gasteiger partial charge on any atom is 0.128 e. The molecule has 0 saturated carbocycles. The van der Waals surface area contributed by atoms with Crippen LogP contribution in [-0.2, 0) is 0 Å². The van der Waals surface area contributed by atoms with Gasteiger partial charge < -0.3 is 5.11 Å². The molecule has 0 spiro atoms. The summed E-state index contributed by atoms with van der Waals surface area (Å²) in [7, 11) is 0. The van der Waals surface area contributed by atoms with Crippen LogP contribution in [0.2, 0.25) is 0 Å². The van der Waals surface area contributed by atoms with Gasteiger partial charge in [-0.05, 0) is 36.4 Å². The van der Waals surface area contributed by atoms with Crippen molar-refractivity contribution in [2.45, 2.75) is 13.8 Å². The standard InChI is InChI=1S/C15H13NO/c1-9-8-10(2)15(17)13-12(9)6-5-11-4-3-7-16-14(11)13/h3-8,17H,1-2H3. The molecular weight excluding hydrogens is 210 g/mol. The molecule has 0 bridgehead atoms. The minimum atomic E-state index is 0.343. The lowest BCUT2D eigenvalue weighted by Crippen LogP contribution is -1.87. The van der Waals surface area contributed by atoms with E-state index in [0.717, 1.165) is 27.2 Å². The molecule has 2 aromatic carbocycles. The Bertz CT molecular complexity index is 732. The quantitative estimate of drug-likeness (QED) is 0.589. The van der Waals surface area contributed by atoms with Crippen LogP contribution in [-0.4, -0.2) is 10.1 Å². The van der Waals surface area contributed by atoms with Crippen LogP contribution in [0.1, 0.15) is 11.1 Å². The minimum Gasteiger partial charge on any atom is -0.507 e. The van der Waals surface area contributed by atoms with E-state index >= 15 is 0 Å². The average molecular weight is 223 g/mol. The SMILES string of the molecule is Cc1cc(C)c2ccc3cccnc3c2c1O. The third-order valence-electron chi connectivity index (χ3n) is 3.24. The number of pyridine rings is 1. The molecule has 0 fully saturated rings. The second-order valence-corrected chi connectivity index (χ2v) is 4.42. The number of phenols is 1. The first kappa shape index (κ1) is 10.1. The van der Waals surface area contributed by atoms with Crippen LogP contribution in [0.4, 0.5) is 0 Å². The maximum absolute atomic E-state index is 10.2. The molecule has 0 aliphatic carbocycles. The summed E-state index contributed by atoms with van der Waals surface area (Å²) in [6.07, 6.45) is 1.76. The van der Waals surface area contributed by atoms with Crippen LogP contribution in [0.25, 0.3) is 21.7 Å². The number of hydrogen-bond acceptors (Lipinski definition) is 2. The second-order valence-electron chi connectivity index (χ2n) is 4.42. The Morgan fingerprint density at radius 1 is 1.06 bits per heavy atom. The molecule has 1 heterocycles. The average Bonchev–Trinajstić information content (AvgIpc) is 2.35. The number of rotatable bonds is 0. The first-order chi connectivity index (χ1) is 8.18. The van der Waals surface area contributed by atoms with E-state index in [1.54, 1.807) is 6.20 Å². The number of fused-ring (bicyclic) bond motifs is 3. The van der Waals surface area contributed by atoms with E-state index in [2.05, 4.69) is 11.9 Å². The van der Waals surface area contributed by atoms with Gasteiger partial charge in [0.1, 0.15) is 5.75 Å². The number of phenolic OH excluding ortho intramolecular Hbond substituents is 1. The molecule has 17 heavy (non-hydrogen) atoms. The minimum absolute atomic E-state index is 0.343. The molecule has 0 aliphatic rings. The fourth-order valence-electron chi connectivity index (χ4n) is 2.38. The van der Waals surface area contributed by atoms with Gasteiger partial charge >= 0.3 is 0 Å². The zero-order valence-corrected chi connectivity index (χ0v) is 9.86. The van der Waals surface area contributed by atoms with E-state index in [1.165, 1.54) is 5.56 Å². The Morgan fingerprint density at radius 3 is 2.71 bits per heavy atom. The Morgan fingerprint density at radius 2 is 1.88 bits per heavy atom. The fraction of sp³-hybridized carbons (Fsp3) is 0.133. The van der Waals surface area contributed by atoms with Gasteiger partial charge in [0, 0.05) is 11.6 Å². The first-order valence-corrected chi connectivity index (χ1v) is 5.65. The lowest BCUT2D eigenvalue weighted by atomic mass is 9.98. The molecule has 84 valence electrons. The third-order valence-corrected chi connectivity index (χ3v) is 3.24. The summed E-state index contributed by atoms with van der Waals surface area (Å²) in [6.45, 7) is 3.98. The number of benzene rings is 2. The number of nitrogens with zero attached hydrogens (tertiary/aromatic N) is 1. The van der Waals surface area contributed by atoms with Gasteiger partial charge in [-0.25, -0.2) is 0 Å². The molecule has 0 saturated heterocycles. The van der Waals surface area contributed by atoms with Crippen molar-refractivity contribution in [3.05, 3.63) is 47.7 Å². The number of aromatic nitrogens is 1. The topological polar surface area (TPSA) is 33.1 Å². The van der Waals surface area contributed by atoms with Crippen molar-refractivity contribution in [2.24, 2.45) is 0 Å². The molecule has 3 rings (SSSR count). The van der Waals surface area contributed by atoms with E-state index in [-0.39, 0.29) is 0 Å². The summed E-state index contributed by atoms with van der Waals surface area (Å²) in [6, 6.07) is 10.0. The zero-order valence-electron chi connectivity index (χ0n) is 9.86. The predicted molar refractivity (Wildman–Crippen MR) is 70.4 cm³/mol. The smallest absolute Gasteiger partial charge is 0.128 e. The van der Waals surface area contributed by atoms with Crippen molar-refractivity contribution < 1.29 is 5.11 Å². The van der Waals surface area contributed by atoms with Gasteiger partial charge in [0.2, 0.25) is 0 Å². The summed E-state index contributed by atoms with van der Waals surface area (Å²) in [5, 5.41) is 13.2. The molecule has 0 atom stereocenters. The van der Waals surface area contributed by atoms with E-state index < -0.39 is 0 Å². The van der Waals surface area contributed by atoms with Crippen molar-refractivity contribution in [3.8, 4) is 5.75 Å². The lowest BCUT2D eigenvalue weighted by Gasteiger charge is -2.10. The molecule has 0 radical (unpaired) electrons. The van der Waals surface area contributed by atoms with Gasteiger partial charge in [-0.1, -0.05) is 24.3 Å². The summed E-state index contributed by atoms with van der Waals surface area (Å²) >= 11 is 0. The summed E-state index contributed by atoms with van der Waals surface area (Å²) < 4.78 is 0. The molecule has 0 amide bonds. The highest BCUT2D eigenvalue weighted by Crippen LogP contribution is 2.35. The molecule has 1 N–H and O–H groups in total. The number of aryl methyl sites for hydroxylation is 2. The summed E-state index contributed by atoms with van der Waals surface area (Å²) in [4.78, 5) is 4.39. The van der Waals surface area contributed by atoms with Crippen LogP contribution < -0.4 is 0 Å². The Balaban J connectivity index is 2.65. The predicted octanol–water partition coefficient (Wildman–Crippen LogP) is 3.71. The van der Waals surface area contributed by atoms with Gasteiger partial charge in [-0.2, -0.15) is 0 Å². The molecule has 2 heteroatoms. The van der Waals surface area contributed by atoms with Gasteiger partial charge in [0.05, 0.1) is 10.9 Å². The van der Waals surface area contributed by atoms with Crippen molar-refractivity contribution in [1.82, 2.24) is 4.98 Å². The number of hydrogen-bond donors (Lipinski definition) is 1. The van der Waals surface area contributed by atoms with E-state index in [0.29, 0.717) is 5.75 Å². The number of aromatic hydroxyl groups is 1. The van der Waals surface area contributed by atoms with Crippen LogP contribution in [0, 0.1) is 13.8 Å². The van der Waals surface area contributed by atoms with Crippen LogP contribution >= 0.6 is 0 Å². The van der Waals surface area contributed by atoms with E-state index in [1.807, 2.05) is 37.3 Å². The normalized spacial score (nSPS) is 11.2. The van der Waals surface area contributed by atoms with Crippen molar-refractivity contribution >= 4 is 21.7 Å². The maximum atomic E-state index is 10.2. The van der Waals surface area contributed by atoms with Crippen LogP contribution in [0.15, 0.2) is 36.5 Å². The van der Waals surface area contributed by atoms with Crippen molar-refractivity contribution in [1.29, 1.82) is 0 Å². The van der Waals surface area contributed by atoms with E-state index in [9.17, 15) is 5.11 Å². The van der Waals surface area contributed by atoms with E-state index in [4.69, 9.17) is 0 Å². The summed E-state index contributed by atoms with van der Waals surface area (Å²) in [5.74, 6) is 0.343. The molecule has 0 aliphatic heterocycles. The van der Waals surface area contributed by atoms with Crippen molar-refractivity contribution in [3.63, 3.8) is 0 Å². The zero-order chi connectivity index (χ0) is 12.0. The molecule has 2 nitrogen and oxygen atoms in total. The Labute approximate surface area is 99.5 Å². The molecule has 0 unspecified atom stereocenters. The van der Waals surface area contributed by atoms with Gasteiger partial charge in [0.25, 0.3) is 0 Å². The highest BCUT2D eigenvalue weighted by molar-refractivity contribution is 6.09. The van der Waals surface area contributed by atoms with Gasteiger partial charge in [-0.15, -0.1) is 0 Å². The lowest BCUT2D eigenvalue weighted by molar-refractivity contribution is 0.478. The van der Waals surface area contributed by atoms with Crippen molar-refractivity contribution in [2.75, 3.05) is 0 Å². The first-order valence-electron chi connectivity index (χ1n) is 5.65. The molecule has 1 aromatic heterocycles. The highest BCUT2D eigenvalue weighted by atomic mass is 16.3.